The number of halogens is 1. The SMILES string of the molecule is CC(=O)CCc1ccc(OCC(=O)NCC2(c3ccc(F)cc3)CCCC2)cc1. The van der Waals surface area contributed by atoms with Crippen LogP contribution >= 0.6 is 0 Å². The van der Waals surface area contributed by atoms with E-state index in [-0.39, 0.29) is 29.5 Å². The molecule has 0 aromatic heterocycles. The Morgan fingerprint density at radius 2 is 1.69 bits per heavy atom. The maximum Gasteiger partial charge on any atom is 0.257 e. The van der Waals surface area contributed by atoms with Crippen molar-refractivity contribution in [3.05, 3.63) is 65.5 Å². The number of ether oxygens (including phenoxy) is 1. The van der Waals surface area contributed by atoms with Gasteiger partial charge in [0.05, 0.1) is 0 Å². The molecule has 0 spiro atoms. The van der Waals surface area contributed by atoms with E-state index in [0.717, 1.165) is 36.8 Å². The van der Waals surface area contributed by atoms with E-state index in [0.29, 0.717) is 25.1 Å². The van der Waals surface area contributed by atoms with Crippen molar-refractivity contribution < 1.29 is 18.7 Å². The minimum atomic E-state index is -0.244. The van der Waals surface area contributed by atoms with E-state index in [9.17, 15) is 14.0 Å². The molecule has 0 saturated heterocycles. The van der Waals surface area contributed by atoms with E-state index in [2.05, 4.69) is 5.32 Å². The highest BCUT2D eigenvalue weighted by atomic mass is 19.1. The lowest BCUT2D eigenvalue weighted by Crippen LogP contribution is -2.40. The summed E-state index contributed by atoms with van der Waals surface area (Å²) in [6.07, 6.45) is 5.43. The average molecular weight is 397 g/mol. The molecular formula is C24H28FNO3. The molecule has 0 unspecified atom stereocenters. The Labute approximate surface area is 171 Å². The van der Waals surface area contributed by atoms with E-state index < -0.39 is 0 Å². The highest BCUT2D eigenvalue weighted by Crippen LogP contribution is 2.40. The van der Waals surface area contributed by atoms with Gasteiger partial charge in [0.1, 0.15) is 17.3 Å². The van der Waals surface area contributed by atoms with Crippen molar-refractivity contribution in [3.8, 4) is 5.75 Å². The Hall–Kier alpha value is -2.69. The quantitative estimate of drug-likeness (QED) is 0.684. The van der Waals surface area contributed by atoms with Crippen molar-refractivity contribution in [2.75, 3.05) is 13.2 Å². The predicted octanol–water partition coefficient (Wildman–Crippen LogP) is 4.35. The van der Waals surface area contributed by atoms with Crippen molar-refractivity contribution in [2.24, 2.45) is 0 Å². The Balaban J connectivity index is 1.50. The van der Waals surface area contributed by atoms with Crippen LogP contribution in [0.5, 0.6) is 5.75 Å². The van der Waals surface area contributed by atoms with E-state index in [1.165, 1.54) is 12.1 Å². The molecule has 1 saturated carbocycles. The third kappa shape index (κ3) is 5.89. The summed E-state index contributed by atoms with van der Waals surface area (Å²) in [5.74, 6) is 0.384. The van der Waals surface area contributed by atoms with Gasteiger partial charge in [0.15, 0.2) is 6.61 Å². The molecule has 2 aromatic rings. The number of hydrogen-bond donors (Lipinski definition) is 1. The third-order valence-electron chi connectivity index (χ3n) is 5.70. The van der Waals surface area contributed by atoms with E-state index >= 15 is 0 Å². The Bertz CT molecular complexity index is 824. The van der Waals surface area contributed by atoms with Gasteiger partial charge in [0.25, 0.3) is 5.91 Å². The summed E-state index contributed by atoms with van der Waals surface area (Å²) in [5, 5.41) is 3.00. The summed E-state index contributed by atoms with van der Waals surface area (Å²) < 4.78 is 18.9. The van der Waals surface area contributed by atoms with Gasteiger partial charge in [-0.15, -0.1) is 0 Å². The first-order chi connectivity index (χ1) is 14.0. The first kappa shape index (κ1) is 21.0. The number of benzene rings is 2. The van der Waals surface area contributed by atoms with Gasteiger partial charge in [-0.05, 0) is 61.6 Å². The summed E-state index contributed by atoms with van der Waals surface area (Å²) in [6, 6.07) is 14.1. The van der Waals surface area contributed by atoms with Crippen LogP contribution < -0.4 is 10.1 Å². The lowest BCUT2D eigenvalue weighted by atomic mass is 9.79. The molecule has 3 rings (SSSR count). The molecule has 0 radical (unpaired) electrons. The number of aryl methyl sites for hydroxylation is 1. The van der Waals surface area contributed by atoms with Gasteiger partial charge in [0.2, 0.25) is 0 Å². The van der Waals surface area contributed by atoms with Gasteiger partial charge >= 0.3 is 0 Å². The van der Waals surface area contributed by atoms with Crippen LogP contribution in [0.2, 0.25) is 0 Å². The fourth-order valence-electron chi connectivity index (χ4n) is 3.96. The lowest BCUT2D eigenvalue weighted by molar-refractivity contribution is -0.123. The van der Waals surface area contributed by atoms with E-state index in [1.54, 1.807) is 6.92 Å². The van der Waals surface area contributed by atoms with Crippen LogP contribution in [-0.4, -0.2) is 24.8 Å². The molecule has 1 amide bonds. The Kier molecular flexibility index (Phi) is 7.02. The number of carbonyl (C=O) groups is 2. The minimum Gasteiger partial charge on any atom is -0.484 e. The Morgan fingerprint density at radius 3 is 2.31 bits per heavy atom. The smallest absolute Gasteiger partial charge is 0.257 e. The molecule has 0 aliphatic heterocycles. The second kappa shape index (κ2) is 9.68. The molecule has 154 valence electrons. The number of ketones is 1. The van der Waals surface area contributed by atoms with Crippen molar-refractivity contribution in [2.45, 2.75) is 50.9 Å². The maximum absolute atomic E-state index is 13.3. The zero-order valence-corrected chi connectivity index (χ0v) is 16.9. The van der Waals surface area contributed by atoms with Crippen LogP contribution in [0.15, 0.2) is 48.5 Å². The molecule has 1 N–H and O–H groups in total. The summed E-state index contributed by atoms with van der Waals surface area (Å²) in [7, 11) is 0. The molecule has 0 heterocycles. The average Bonchev–Trinajstić information content (AvgIpc) is 3.20. The molecule has 0 atom stereocenters. The number of amides is 1. The summed E-state index contributed by atoms with van der Waals surface area (Å²) >= 11 is 0. The normalized spacial score (nSPS) is 15.1. The molecule has 4 nitrogen and oxygen atoms in total. The number of rotatable bonds is 9. The van der Waals surface area contributed by atoms with Crippen LogP contribution in [0.1, 0.15) is 50.2 Å². The fourth-order valence-corrected chi connectivity index (χ4v) is 3.96. The highest BCUT2D eigenvalue weighted by molar-refractivity contribution is 5.77. The van der Waals surface area contributed by atoms with Crippen LogP contribution in [0, 0.1) is 5.82 Å². The molecule has 29 heavy (non-hydrogen) atoms. The maximum atomic E-state index is 13.3. The van der Waals surface area contributed by atoms with E-state index in [4.69, 9.17) is 4.74 Å². The molecule has 0 bridgehead atoms. The zero-order valence-electron chi connectivity index (χ0n) is 16.9. The van der Waals surface area contributed by atoms with Crippen molar-refractivity contribution >= 4 is 11.7 Å². The van der Waals surface area contributed by atoms with Crippen molar-refractivity contribution in [3.63, 3.8) is 0 Å². The molecule has 5 heteroatoms. The van der Waals surface area contributed by atoms with Gasteiger partial charge in [-0.25, -0.2) is 4.39 Å². The number of carbonyl (C=O) groups excluding carboxylic acids is 2. The highest BCUT2D eigenvalue weighted by Gasteiger charge is 2.35. The second-order valence-corrected chi connectivity index (χ2v) is 7.91. The monoisotopic (exact) mass is 397 g/mol. The largest absolute Gasteiger partial charge is 0.484 e. The fraction of sp³-hybridized carbons (Fsp3) is 0.417. The van der Waals surface area contributed by atoms with Gasteiger partial charge in [-0.3, -0.25) is 4.79 Å². The van der Waals surface area contributed by atoms with Gasteiger partial charge in [0, 0.05) is 18.4 Å². The zero-order chi connectivity index (χ0) is 20.7. The first-order valence-corrected chi connectivity index (χ1v) is 10.2. The molecular weight excluding hydrogens is 369 g/mol. The van der Waals surface area contributed by atoms with Crippen molar-refractivity contribution in [1.29, 1.82) is 0 Å². The molecule has 1 fully saturated rings. The number of nitrogens with one attached hydrogen (secondary N) is 1. The summed E-state index contributed by atoms with van der Waals surface area (Å²) in [6.45, 7) is 2.07. The van der Waals surface area contributed by atoms with Gasteiger partial charge in [-0.2, -0.15) is 0 Å². The van der Waals surface area contributed by atoms with Crippen LogP contribution in [0.25, 0.3) is 0 Å². The van der Waals surface area contributed by atoms with Gasteiger partial charge in [-0.1, -0.05) is 37.1 Å². The molecule has 1 aliphatic carbocycles. The van der Waals surface area contributed by atoms with E-state index in [1.807, 2.05) is 36.4 Å². The Morgan fingerprint density at radius 1 is 1.03 bits per heavy atom. The second-order valence-electron chi connectivity index (χ2n) is 7.91. The van der Waals surface area contributed by atoms with Crippen LogP contribution in [-0.2, 0) is 21.4 Å². The summed E-state index contributed by atoms with van der Waals surface area (Å²) in [5.41, 5.74) is 2.03. The summed E-state index contributed by atoms with van der Waals surface area (Å²) in [4.78, 5) is 23.4. The predicted molar refractivity (Wildman–Crippen MR) is 110 cm³/mol. The van der Waals surface area contributed by atoms with Gasteiger partial charge < -0.3 is 14.8 Å². The number of Topliss-reactive ketones (excluding diaryl/α,β-unsaturated/α-hetero) is 1. The lowest BCUT2D eigenvalue weighted by Gasteiger charge is -2.30. The third-order valence-corrected chi connectivity index (χ3v) is 5.70. The number of hydrogen-bond acceptors (Lipinski definition) is 3. The topological polar surface area (TPSA) is 55.4 Å². The first-order valence-electron chi connectivity index (χ1n) is 10.2. The molecule has 1 aliphatic rings. The molecule has 2 aromatic carbocycles. The minimum absolute atomic E-state index is 0.0493. The van der Waals surface area contributed by atoms with Crippen LogP contribution in [0.3, 0.4) is 0 Å². The van der Waals surface area contributed by atoms with Crippen molar-refractivity contribution in [1.82, 2.24) is 5.32 Å². The standard InChI is InChI=1S/C24H28FNO3/c1-18(27)4-5-19-6-12-22(13-7-19)29-16-23(28)26-17-24(14-2-3-15-24)20-8-10-21(25)11-9-20/h6-13H,2-5,14-17H2,1H3,(H,26,28). The van der Waals surface area contributed by atoms with Crippen LogP contribution in [0.4, 0.5) is 4.39 Å².